The predicted octanol–water partition coefficient (Wildman–Crippen LogP) is 3.26. The highest BCUT2D eigenvalue weighted by Gasteiger charge is 2.39. The van der Waals surface area contributed by atoms with Crippen LogP contribution in [0.2, 0.25) is 5.02 Å². The fourth-order valence-corrected chi connectivity index (χ4v) is 5.43. The predicted molar refractivity (Wildman–Crippen MR) is 134 cm³/mol. The molecule has 37 heavy (non-hydrogen) atoms. The zero-order chi connectivity index (χ0) is 26.7. The molecule has 0 amide bonds. The molecule has 0 radical (unpaired) electrons. The number of para-hydroxylation sites is 1. The second kappa shape index (κ2) is 10.9. The molecule has 1 N–H and O–H groups in total. The average Bonchev–Trinajstić information content (AvgIpc) is 3.25. The SMILES string of the molecule is COc1cccc(OC)c1-n1c(NS(=O)(=O)[C@@H](C)[C@H](OC)c2ncc(Cl)cn2)nnc1[C@H]1CC[C@@H]1C#N. The lowest BCUT2D eigenvalue weighted by molar-refractivity contribution is 0.0950. The third kappa shape index (κ3) is 5.04. The molecule has 4 atom stereocenters. The first kappa shape index (κ1) is 26.6. The van der Waals surface area contributed by atoms with Crippen LogP contribution in [-0.2, 0) is 14.8 Å². The van der Waals surface area contributed by atoms with Crippen molar-refractivity contribution in [1.29, 1.82) is 5.26 Å². The first-order chi connectivity index (χ1) is 17.7. The van der Waals surface area contributed by atoms with Gasteiger partial charge in [0.2, 0.25) is 16.0 Å². The zero-order valence-corrected chi connectivity index (χ0v) is 22.2. The van der Waals surface area contributed by atoms with Crippen LogP contribution in [0.15, 0.2) is 30.6 Å². The fraction of sp³-hybridized carbons (Fsp3) is 0.435. The van der Waals surface area contributed by atoms with E-state index in [4.69, 9.17) is 25.8 Å². The number of nitrogens with one attached hydrogen (secondary N) is 1. The Hall–Kier alpha value is -3.47. The fourth-order valence-electron chi connectivity index (χ4n) is 4.20. The number of hydrogen-bond donors (Lipinski definition) is 1. The molecule has 1 fully saturated rings. The molecular formula is C23H26ClN7O5S. The van der Waals surface area contributed by atoms with E-state index in [1.54, 1.807) is 18.2 Å². The summed E-state index contributed by atoms with van der Waals surface area (Å²) in [5.74, 6) is 0.807. The van der Waals surface area contributed by atoms with Gasteiger partial charge in [-0.2, -0.15) is 5.26 Å². The Morgan fingerprint density at radius 3 is 2.30 bits per heavy atom. The maximum Gasteiger partial charge on any atom is 0.243 e. The van der Waals surface area contributed by atoms with Crippen LogP contribution >= 0.6 is 11.6 Å². The van der Waals surface area contributed by atoms with E-state index < -0.39 is 21.4 Å². The number of nitrogens with zero attached hydrogens (tertiary/aromatic N) is 6. The number of benzene rings is 1. The summed E-state index contributed by atoms with van der Waals surface area (Å²) in [6, 6.07) is 7.45. The lowest BCUT2D eigenvalue weighted by Crippen LogP contribution is -2.33. The molecule has 1 saturated carbocycles. The van der Waals surface area contributed by atoms with Crippen molar-refractivity contribution in [3.8, 4) is 23.3 Å². The van der Waals surface area contributed by atoms with Gasteiger partial charge in [0.15, 0.2) is 5.82 Å². The normalized spacial score (nSPS) is 18.8. The van der Waals surface area contributed by atoms with E-state index >= 15 is 0 Å². The number of sulfonamides is 1. The van der Waals surface area contributed by atoms with Gasteiger partial charge in [0, 0.05) is 25.4 Å². The summed E-state index contributed by atoms with van der Waals surface area (Å²) in [6.07, 6.45) is 3.15. The first-order valence-corrected chi connectivity index (χ1v) is 13.3. The summed E-state index contributed by atoms with van der Waals surface area (Å²) in [5, 5.41) is 17.2. The quantitative estimate of drug-likeness (QED) is 0.400. The Labute approximate surface area is 219 Å². The van der Waals surface area contributed by atoms with Crippen molar-refractivity contribution < 1.29 is 22.6 Å². The minimum atomic E-state index is -4.13. The second-order valence-corrected chi connectivity index (χ2v) is 10.9. The molecule has 0 saturated heterocycles. The highest BCUT2D eigenvalue weighted by atomic mass is 35.5. The zero-order valence-electron chi connectivity index (χ0n) is 20.6. The molecule has 0 bridgehead atoms. The van der Waals surface area contributed by atoms with Gasteiger partial charge < -0.3 is 14.2 Å². The van der Waals surface area contributed by atoms with Crippen LogP contribution in [0.4, 0.5) is 5.95 Å². The molecular weight excluding hydrogens is 522 g/mol. The molecule has 2 aromatic heterocycles. The van der Waals surface area contributed by atoms with Crippen LogP contribution in [0.1, 0.15) is 43.4 Å². The van der Waals surface area contributed by atoms with Crippen LogP contribution < -0.4 is 14.2 Å². The van der Waals surface area contributed by atoms with Crippen molar-refractivity contribution in [1.82, 2.24) is 24.7 Å². The number of nitriles is 1. The number of aromatic nitrogens is 5. The summed E-state index contributed by atoms with van der Waals surface area (Å²) in [6.45, 7) is 1.47. The summed E-state index contributed by atoms with van der Waals surface area (Å²) in [5.41, 5.74) is 0.408. The van der Waals surface area contributed by atoms with Gasteiger partial charge in [-0.3, -0.25) is 9.29 Å². The van der Waals surface area contributed by atoms with Crippen LogP contribution in [0.3, 0.4) is 0 Å². The van der Waals surface area contributed by atoms with Crippen LogP contribution in [-0.4, -0.2) is 59.7 Å². The Morgan fingerprint density at radius 2 is 1.78 bits per heavy atom. The highest BCUT2D eigenvalue weighted by molar-refractivity contribution is 7.93. The molecule has 2 heterocycles. The van der Waals surface area contributed by atoms with Crippen LogP contribution in [0.25, 0.3) is 5.69 Å². The largest absolute Gasteiger partial charge is 0.494 e. The maximum absolute atomic E-state index is 13.5. The summed E-state index contributed by atoms with van der Waals surface area (Å²) < 4.78 is 47.7. The van der Waals surface area contributed by atoms with Crippen molar-refractivity contribution in [3.63, 3.8) is 0 Å². The Balaban J connectivity index is 1.79. The summed E-state index contributed by atoms with van der Waals surface area (Å²) >= 11 is 5.87. The van der Waals surface area contributed by atoms with Gasteiger partial charge in [0.25, 0.3) is 0 Å². The Kier molecular flexibility index (Phi) is 7.82. The standard InChI is InChI=1S/C23H26ClN7O5S/c1-13(20(36-4)21-26-11-15(24)12-27-21)37(32,33)30-23-29-28-22(16-9-8-14(16)10-25)31(23)19-17(34-2)6-5-7-18(19)35-3/h5-7,11-14,16,20H,8-9H2,1-4H3,(H,29,30)/t13-,14+,16-,20-/m0/s1. The van der Waals surface area contributed by atoms with E-state index in [9.17, 15) is 13.7 Å². The van der Waals surface area contributed by atoms with Crippen molar-refractivity contribution >= 4 is 27.6 Å². The monoisotopic (exact) mass is 547 g/mol. The van der Waals surface area contributed by atoms with E-state index in [0.29, 0.717) is 40.9 Å². The van der Waals surface area contributed by atoms with Gasteiger partial charge in [-0.15, -0.1) is 10.2 Å². The number of hydrogen-bond acceptors (Lipinski definition) is 10. The van der Waals surface area contributed by atoms with E-state index in [1.165, 1.54) is 45.2 Å². The van der Waals surface area contributed by atoms with E-state index in [2.05, 4.69) is 31.0 Å². The van der Waals surface area contributed by atoms with Gasteiger partial charge >= 0.3 is 0 Å². The Morgan fingerprint density at radius 1 is 1.14 bits per heavy atom. The molecule has 14 heteroatoms. The summed E-state index contributed by atoms with van der Waals surface area (Å²) in [7, 11) is 0.220. The molecule has 4 rings (SSSR count). The highest BCUT2D eigenvalue weighted by Crippen LogP contribution is 2.45. The van der Waals surface area contributed by atoms with Crippen molar-refractivity contribution in [2.24, 2.45) is 5.92 Å². The maximum atomic E-state index is 13.5. The van der Waals surface area contributed by atoms with Crippen molar-refractivity contribution in [2.75, 3.05) is 26.1 Å². The molecule has 1 aliphatic rings. The molecule has 1 aliphatic carbocycles. The lowest BCUT2D eigenvalue weighted by Gasteiger charge is -2.31. The first-order valence-electron chi connectivity index (χ1n) is 11.3. The van der Waals surface area contributed by atoms with Gasteiger partial charge in [0.05, 0.1) is 31.2 Å². The van der Waals surface area contributed by atoms with Gasteiger partial charge in [-0.25, -0.2) is 18.4 Å². The van der Waals surface area contributed by atoms with Gasteiger partial charge in [0.1, 0.15) is 34.4 Å². The number of halogens is 1. The molecule has 1 aromatic carbocycles. The molecule has 0 spiro atoms. The minimum Gasteiger partial charge on any atom is -0.494 e. The van der Waals surface area contributed by atoms with Gasteiger partial charge in [-0.05, 0) is 31.9 Å². The number of ether oxygens (including phenoxy) is 3. The lowest BCUT2D eigenvalue weighted by atomic mass is 9.74. The Bertz CT molecular complexity index is 1390. The van der Waals surface area contributed by atoms with Crippen molar-refractivity contribution in [2.45, 2.75) is 37.0 Å². The second-order valence-electron chi connectivity index (χ2n) is 8.42. The third-order valence-corrected chi connectivity index (χ3v) is 8.27. The average molecular weight is 548 g/mol. The van der Waals surface area contributed by atoms with E-state index in [-0.39, 0.29) is 23.6 Å². The number of anilines is 1. The van der Waals surface area contributed by atoms with Crippen molar-refractivity contribution in [3.05, 3.63) is 47.3 Å². The number of methoxy groups -OCH3 is 3. The third-order valence-electron chi connectivity index (χ3n) is 6.38. The topological polar surface area (TPSA) is 154 Å². The number of rotatable bonds is 10. The minimum absolute atomic E-state index is 0.0832. The molecule has 0 aliphatic heterocycles. The molecule has 3 aromatic rings. The molecule has 12 nitrogen and oxygen atoms in total. The molecule has 0 unspecified atom stereocenters. The smallest absolute Gasteiger partial charge is 0.243 e. The van der Waals surface area contributed by atoms with Crippen LogP contribution in [0, 0.1) is 17.2 Å². The summed E-state index contributed by atoms with van der Waals surface area (Å²) in [4.78, 5) is 8.22. The van der Waals surface area contributed by atoms with Gasteiger partial charge in [-0.1, -0.05) is 17.7 Å². The van der Waals surface area contributed by atoms with Crippen LogP contribution in [0.5, 0.6) is 11.5 Å². The van der Waals surface area contributed by atoms with E-state index in [0.717, 1.165) is 0 Å². The molecule has 196 valence electrons. The van der Waals surface area contributed by atoms with E-state index in [1.807, 2.05) is 0 Å².